The first-order chi connectivity index (χ1) is 12.2. The first kappa shape index (κ1) is 15.9. The van der Waals surface area contributed by atoms with Gasteiger partial charge in [-0.2, -0.15) is 5.10 Å². The Hall–Kier alpha value is -2.63. The predicted octanol–water partition coefficient (Wildman–Crippen LogP) is 3.28. The summed E-state index contributed by atoms with van der Waals surface area (Å²) in [4.78, 5) is 22.8. The molecule has 1 aliphatic heterocycles. The van der Waals surface area contributed by atoms with Gasteiger partial charge in [-0.15, -0.1) is 0 Å². The highest BCUT2D eigenvalue weighted by Gasteiger charge is 2.31. The predicted molar refractivity (Wildman–Crippen MR) is 96.0 cm³/mol. The van der Waals surface area contributed by atoms with Crippen molar-refractivity contribution in [2.75, 3.05) is 6.54 Å². The molecule has 6 heteroatoms. The fourth-order valence-corrected chi connectivity index (χ4v) is 3.65. The van der Waals surface area contributed by atoms with Crippen LogP contribution in [0.4, 0.5) is 0 Å². The number of imidazole rings is 1. The van der Waals surface area contributed by atoms with E-state index in [9.17, 15) is 4.79 Å². The smallest absolute Gasteiger partial charge is 0.223 e. The summed E-state index contributed by atoms with van der Waals surface area (Å²) in [6.45, 7) is 2.90. The molecule has 6 nitrogen and oxygen atoms in total. The molecular weight excluding hydrogens is 314 g/mol. The monoisotopic (exact) mass is 337 g/mol. The van der Waals surface area contributed by atoms with Crippen molar-refractivity contribution in [3.63, 3.8) is 0 Å². The molecule has 1 amide bonds. The van der Waals surface area contributed by atoms with Gasteiger partial charge in [0.25, 0.3) is 0 Å². The van der Waals surface area contributed by atoms with E-state index in [1.807, 2.05) is 23.4 Å². The fraction of sp³-hybridized carbons (Fsp3) is 0.421. The van der Waals surface area contributed by atoms with Crippen LogP contribution < -0.4 is 0 Å². The molecule has 2 N–H and O–H groups in total. The molecule has 0 bridgehead atoms. The summed E-state index contributed by atoms with van der Waals surface area (Å²) < 4.78 is 0. The summed E-state index contributed by atoms with van der Waals surface area (Å²) in [6.07, 6.45) is 8.02. The molecule has 1 aromatic carbocycles. The second kappa shape index (κ2) is 6.70. The molecule has 1 aliphatic rings. The van der Waals surface area contributed by atoms with E-state index in [1.54, 1.807) is 0 Å². The molecule has 0 radical (unpaired) electrons. The number of carbonyl (C=O) groups is 1. The third-order valence-electron chi connectivity index (χ3n) is 4.96. The van der Waals surface area contributed by atoms with Gasteiger partial charge in [0.1, 0.15) is 5.82 Å². The van der Waals surface area contributed by atoms with Crippen LogP contribution in [0.3, 0.4) is 0 Å². The summed E-state index contributed by atoms with van der Waals surface area (Å²) in [7, 11) is 0. The number of aryl methyl sites for hydroxylation is 2. The third-order valence-corrected chi connectivity index (χ3v) is 4.96. The number of aromatic amines is 2. The average Bonchev–Trinajstić information content (AvgIpc) is 3.33. The van der Waals surface area contributed by atoms with Crippen molar-refractivity contribution >= 4 is 16.9 Å². The van der Waals surface area contributed by atoms with E-state index in [4.69, 9.17) is 4.98 Å². The molecule has 25 heavy (non-hydrogen) atoms. The minimum absolute atomic E-state index is 0.0779. The highest BCUT2D eigenvalue weighted by Crippen LogP contribution is 2.32. The van der Waals surface area contributed by atoms with Gasteiger partial charge in [0.05, 0.1) is 23.3 Å². The maximum atomic E-state index is 12.7. The molecule has 0 aliphatic carbocycles. The van der Waals surface area contributed by atoms with Crippen LogP contribution >= 0.6 is 0 Å². The van der Waals surface area contributed by atoms with Crippen molar-refractivity contribution in [1.29, 1.82) is 0 Å². The van der Waals surface area contributed by atoms with Gasteiger partial charge in [0.15, 0.2) is 0 Å². The first-order valence-corrected chi connectivity index (χ1v) is 8.94. The lowest BCUT2D eigenvalue weighted by atomic mass is 10.1. The van der Waals surface area contributed by atoms with Crippen LogP contribution in [-0.2, 0) is 11.2 Å². The van der Waals surface area contributed by atoms with Crippen LogP contribution in [0.25, 0.3) is 11.0 Å². The van der Waals surface area contributed by atoms with Crippen molar-refractivity contribution in [2.45, 2.75) is 45.1 Å². The average molecular weight is 337 g/mol. The molecule has 3 aromatic rings. The van der Waals surface area contributed by atoms with Crippen molar-refractivity contribution in [3.8, 4) is 0 Å². The lowest BCUT2D eigenvalue weighted by Crippen LogP contribution is -2.30. The SMILES string of the molecule is Cc1ccc2nc(C3CCCN3C(=O)CCCc3cn[nH]c3)[nH]c2c1. The Morgan fingerprint density at radius 1 is 1.40 bits per heavy atom. The van der Waals surface area contributed by atoms with E-state index in [0.29, 0.717) is 6.42 Å². The molecule has 1 fully saturated rings. The minimum atomic E-state index is 0.0779. The van der Waals surface area contributed by atoms with Gasteiger partial charge >= 0.3 is 0 Å². The topological polar surface area (TPSA) is 77.7 Å². The van der Waals surface area contributed by atoms with E-state index in [-0.39, 0.29) is 11.9 Å². The molecular formula is C19H23N5O. The summed E-state index contributed by atoms with van der Waals surface area (Å²) in [5.41, 5.74) is 4.38. The van der Waals surface area contributed by atoms with Crippen molar-refractivity contribution in [1.82, 2.24) is 25.1 Å². The van der Waals surface area contributed by atoms with Crippen LogP contribution in [0.5, 0.6) is 0 Å². The van der Waals surface area contributed by atoms with Crippen LogP contribution in [0.15, 0.2) is 30.6 Å². The third kappa shape index (κ3) is 3.29. The second-order valence-corrected chi connectivity index (χ2v) is 6.85. The zero-order valence-corrected chi connectivity index (χ0v) is 14.5. The van der Waals surface area contributed by atoms with Crippen molar-refractivity contribution in [3.05, 3.63) is 47.5 Å². The molecule has 0 saturated carbocycles. The maximum absolute atomic E-state index is 12.7. The number of likely N-dealkylation sites (tertiary alicyclic amines) is 1. The number of nitrogens with one attached hydrogen (secondary N) is 2. The number of carbonyl (C=O) groups excluding carboxylic acids is 1. The zero-order valence-electron chi connectivity index (χ0n) is 14.5. The Morgan fingerprint density at radius 3 is 3.16 bits per heavy atom. The molecule has 1 unspecified atom stereocenters. The number of hydrogen-bond donors (Lipinski definition) is 2. The van der Waals surface area contributed by atoms with E-state index >= 15 is 0 Å². The lowest BCUT2D eigenvalue weighted by Gasteiger charge is -2.23. The Morgan fingerprint density at radius 2 is 2.32 bits per heavy atom. The van der Waals surface area contributed by atoms with Gasteiger partial charge < -0.3 is 9.88 Å². The van der Waals surface area contributed by atoms with Crippen molar-refractivity contribution in [2.24, 2.45) is 0 Å². The molecule has 1 atom stereocenters. The Bertz CT molecular complexity index is 867. The summed E-state index contributed by atoms with van der Waals surface area (Å²) >= 11 is 0. The van der Waals surface area contributed by atoms with E-state index < -0.39 is 0 Å². The number of H-pyrrole nitrogens is 2. The summed E-state index contributed by atoms with van der Waals surface area (Å²) in [6, 6.07) is 6.30. The Balaban J connectivity index is 1.44. The number of nitrogens with zero attached hydrogens (tertiary/aromatic N) is 3. The fourth-order valence-electron chi connectivity index (χ4n) is 3.65. The van der Waals surface area contributed by atoms with Gasteiger partial charge in [0, 0.05) is 19.2 Å². The number of hydrogen-bond acceptors (Lipinski definition) is 3. The molecule has 130 valence electrons. The molecule has 1 saturated heterocycles. The number of amides is 1. The highest BCUT2D eigenvalue weighted by atomic mass is 16.2. The number of benzene rings is 1. The standard InChI is InChI=1S/C19H23N5O/c1-13-7-8-15-16(10-13)23-19(22-15)17-5-3-9-24(17)18(25)6-2-4-14-11-20-21-12-14/h7-8,10-12,17H,2-6,9H2,1H3,(H,20,21)(H,22,23). The highest BCUT2D eigenvalue weighted by molar-refractivity contribution is 5.78. The summed E-state index contributed by atoms with van der Waals surface area (Å²) in [5, 5.41) is 6.75. The van der Waals surface area contributed by atoms with Gasteiger partial charge in [-0.05, 0) is 55.9 Å². The van der Waals surface area contributed by atoms with E-state index in [2.05, 4.69) is 34.2 Å². The van der Waals surface area contributed by atoms with Crippen molar-refractivity contribution < 1.29 is 4.79 Å². The number of aromatic nitrogens is 4. The molecule has 4 rings (SSSR count). The van der Waals surface area contributed by atoms with Gasteiger partial charge in [0.2, 0.25) is 5.91 Å². The second-order valence-electron chi connectivity index (χ2n) is 6.85. The Kier molecular flexibility index (Phi) is 4.26. The van der Waals surface area contributed by atoms with Crippen LogP contribution in [-0.4, -0.2) is 37.5 Å². The number of rotatable bonds is 5. The Labute approximate surface area is 146 Å². The van der Waals surface area contributed by atoms with Crippen LogP contribution in [0.1, 0.15) is 48.7 Å². The maximum Gasteiger partial charge on any atom is 0.223 e. The van der Waals surface area contributed by atoms with Crippen LogP contribution in [0, 0.1) is 6.92 Å². The lowest BCUT2D eigenvalue weighted by molar-refractivity contribution is -0.132. The zero-order chi connectivity index (χ0) is 17.2. The van der Waals surface area contributed by atoms with E-state index in [0.717, 1.165) is 54.6 Å². The van der Waals surface area contributed by atoms with Gasteiger partial charge in [-0.3, -0.25) is 9.89 Å². The van der Waals surface area contributed by atoms with Gasteiger partial charge in [-0.25, -0.2) is 4.98 Å². The number of fused-ring (bicyclic) bond motifs is 1. The first-order valence-electron chi connectivity index (χ1n) is 8.94. The summed E-state index contributed by atoms with van der Waals surface area (Å²) in [5.74, 6) is 1.14. The molecule has 2 aromatic heterocycles. The normalized spacial score (nSPS) is 17.5. The molecule has 0 spiro atoms. The van der Waals surface area contributed by atoms with Gasteiger partial charge in [-0.1, -0.05) is 6.07 Å². The largest absolute Gasteiger partial charge is 0.340 e. The van der Waals surface area contributed by atoms with Crippen LogP contribution in [0.2, 0.25) is 0 Å². The molecule has 3 heterocycles. The van der Waals surface area contributed by atoms with E-state index in [1.165, 1.54) is 5.56 Å². The quantitative estimate of drug-likeness (QED) is 0.750. The minimum Gasteiger partial charge on any atom is -0.340 e.